The van der Waals surface area contributed by atoms with Crippen molar-refractivity contribution in [2.24, 2.45) is 0 Å². The fourth-order valence-corrected chi connectivity index (χ4v) is 1.46. The summed E-state index contributed by atoms with van der Waals surface area (Å²) < 4.78 is 29.9. The zero-order chi connectivity index (χ0) is 12.1. The first kappa shape index (κ1) is 15.2. The predicted octanol–water partition coefficient (Wildman–Crippen LogP) is -0.485. The highest BCUT2D eigenvalue weighted by molar-refractivity contribution is 7.51. The van der Waals surface area contributed by atoms with Crippen molar-refractivity contribution in [2.45, 2.75) is 6.04 Å². The predicted molar refractivity (Wildman–Crippen MR) is 52.5 cm³/mol. The Morgan fingerprint density at radius 2 is 1.67 bits per heavy atom. The molecule has 0 heterocycles. The van der Waals surface area contributed by atoms with Gasteiger partial charge in [-0.15, -0.1) is 0 Å². The van der Waals surface area contributed by atoms with Crippen LogP contribution < -0.4 is 5.32 Å². The molecule has 2 atom stereocenters. The van der Waals surface area contributed by atoms with Crippen LogP contribution in [-0.2, 0) is 18.2 Å². The van der Waals surface area contributed by atoms with E-state index >= 15 is 0 Å². The fourth-order valence-electron chi connectivity index (χ4n) is 0.630. The van der Waals surface area contributed by atoms with Gasteiger partial charge >= 0.3 is 15.4 Å². The van der Waals surface area contributed by atoms with Crippen LogP contribution in [0.1, 0.15) is 0 Å². The van der Waals surface area contributed by atoms with Crippen LogP contribution in [-0.4, -0.2) is 47.6 Å². The molecule has 0 saturated carbocycles. The number of hydrogen-bond donors (Lipinski definition) is 4. The monoisotopic (exact) mass is 263 g/mol. The van der Waals surface area contributed by atoms with Gasteiger partial charge in [0.05, 0.1) is 19.3 Å². The lowest BCUT2D eigenvalue weighted by atomic mass is 10.3. The molecule has 4 N–H and O–H groups in total. The van der Waals surface area contributed by atoms with Gasteiger partial charge in [-0.3, -0.25) is 9.09 Å². The van der Waals surface area contributed by atoms with Gasteiger partial charge in [-0.1, -0.05) is 0 Å². The van der Waals surface area contributed by atoms with Gasteiger partial charge in [0.1, 0.15) is 0 Å². The molecule has 2 unspecified atom stereocenters. The average molecular weight is 263 g/mol. The van der Waals surface area contributed by atoms with Gasteiger partial charge in [-0.25, -0.2) is 4.57 Å². The van der Waals surface area contributed by atoms with E-state index in [1.165, 1.54) is 7.05 Å². The van der Waals surface area contributed by atoms with Gasteiger partial charge in [0, 0.05) is 6.66 Å². The van der Waals surface area contributed by atoms with E-state index in [1.807, 2.05) is 0 Å². The molecule has 0 aliphatic rings. The van der Waals surface area contributed by atoms with Crippen molar-refractivity contribution in [1.29, 1.82) is 0 Å². The van der Waals surface area contributed by atoms with Gasteiger partial charge in [0.25, 0.3) is 0 Å². The maximum Gasteiger partial charge on any atom is 0.469 e. The van der Waals surface area contributed by atoms with Crippen molar-refractivity contribution in [3.63, 3.8) is 0 Å². The molecular weight excluding hydrogens is 248 g/mol. The first-order chi connectivity index (χ1) is 6.64. The van der Waals surface area contributed by atoms with E-state index in [9.17, 15) is 9.13 Å². The Kier molecular flexibility index (Phi) is 6.17. The van der Waals surface area contributed by atoms with Crippen LogP contribution in [0.15, 0.2) is 0 Å². The summed E-state index contributed by atoms with van der Waals surface area (Å²) in [6, 6.07) is -0.571. The Labute approximate surface area is 87.4 Å². The van der Waals surface area contributed by atoms with Crippen LogP contribution in [0.4, 0.5) is 0 Å². The molecule has 0 aliphatic heterocycles. The van der Waals surface area contributed by atoms with Crippen molar-refractivity contribution < 1.29 is 32.9 Å². The lowest BCUT2D eigenvalue weighted by Crippen LogP contribution is -2.34. The minimum Gasteiger partial charge on any atom is -0.324 e. The summed E-state index contributed by atoms with van der Waals surface area (Å²) in [7, 11) is -6.60. The largest absolute Gasteiger partial charge is 0.469 e. The minimum absolute atomic E-state index is 0.180. The van der Waals surface area contributed by atoms with E-state index < -0.39 is 21.5 Å². The lowest BCUT2D eigenvalue weighted by molar-refractivity contribution is 0.151. The average Bonchev–Trinajstić information content (AvgIpc) is 2.00. The Balaban J connectivity index is 3.95. The van der Waals surface area contributed by atoms with Crippen molar-refractivity contribution in [3.8, 4) is 0 Å². The molecule has 0 spiro atoms. The van der Waals surface area contributed by atoms with Crippen LogP contribution >= 0.6 is 15.4 Å². The second-order valence-corrected chi connectivity index (χ2v) is 5.97. The Morgan fingerprint density at radius 3 is 2.00 bits per heavy atom. The Hall–Kier alpha value is 0.220. The molecule has 0 amide bonds. The standard InChI is InChI=1S/C5H15NO7P2/c1-6-5(3-12-14(2,7)8)4-13-15(9,10)11/h5-6H,3-4H2,1-2H3,(H,7,8)(H2,9,10,11). The number of phosphoric acid groups is 1. The van der Waals surface area contributed by atoms with Crippen LogP contribution in [0.2, 0.25) is 0 Å². The number of rotatable bonds is 7. The van der Waals surface area contributed by atoms with E-state index in [0.717, 1.165) is 6.66 Å². The first-order valence-corrected chi connectivity index (χ1v) is 7.52. The maximum absolute atomic E-state index is 10.7. The highest BCUT2D eigenvalue weighted by atomic mass is 31.2. The van der Waals surface area contributed by atoms with Crippen molar-refractivity contribution in [1.82, 2.24) is 5.32 Å². The molecule has 0 saturated heterocycles. The second kappa shape index (κ2) is 6.08. The Bertz CT molecular complexity index is 245. The summed E-state index contributed by atoms with van der Waals surface area (Å²) in [5, 5.41) is 2.62. The molecule has 0 bridgehead atoms. The van der Waals surface area contributed by atoms with Gasteiger partial charge in [0.15, 0.2) is 0 Å². The highest BCUT2D eigenvalue weighted by Gasteiger charge is 2.19. The maximum atomic E-state index is 10.7. The number of hydrogen-bond acceptors (Lipinski definition) is 5. The smallest absolute Gasteiger partial charge is 0.324 e. The number of phosphoric ester groups is 1. The van der Waals surface area contributed by atoms with Crippen molar-refractivity contribution in [2.75, 3.05) is 26.9 Å². The highest BCUT2D eigenvalue weighted by Crippen LogP contribution is 2.38. The Morgan fingerprint density at radius 1 is 1.20 bits per heavy atom. The summed E-state index contributed by atoms with van der Waals surface area (Å²) in [5.74, 6) is 0. The summed E-state index contributed by atoms with van der Waals surface area (Å²) >= 11 is 0. The molecule has 10 heteroatoms. The number of likely N-dealkylation sites (N-methyl/N-ethyl adjacent to an activating group) is 1. The SMILES string of the molecule is CNC(COP(C)(=O)O)COP(=O)(O)O. The molecular formula is C5H15NO7P2. The molecule has 92 valence electrons. The third kappa shape index (κ3) is 10.5. The van der Waals surface area contributed by atoms with Gasteiger partial charge in [0.2, 0.25) is 0 Å². The molecule has 0 aromatic heterocycles. The molecule has 0 aliphatic carbocycles. The van der Waals surface area contributed by atoms with Crippen LogP contribution in [0, 0.1) is 0 Å². The summed E-state index contributed by atoms with van der Waals surface area (Å²) in [4.78, 5) is 25.6. The van der Waals surface area contributed by atoms with E-state index in [-0.39, 0.29) is 13.2 Å². The van der Waals surface area contributed by atoms with E-state index in [2.05, 4.69) is 14.4 Å². The summed E-state index contributed by atoms with van der Waals surface area (Å²) in [6.07, 6.45) is 0. The number of nitrogens with one attached hydrogen (secondary N) is 1. The molecule has 8 nitrogen and oxygen atoms in total. The second-order valence-electron chi connectivity index (χ2n) is 2.87. The van der Waals surface area contributed by atoms with Crippen LogP contribution in [0.3, 0.4) is 0 Å². The van der Waals surface area contributed by atoms with Crippen LogP contribution in [0.5, 0.6) is 0 Å². The molecule has 0 aromatic carbocycles. The molecule has 15 heavy (non-hydrogen) atoms. The summed E-state index contributed by atoms with van der Waals surface area (Å²) in [5.41, 5.74) is 0. The van der Waals surface area contributed by atoms with E-state index in [1.54, 1.807) is 0 Å². The van der Waals surface area contributed by atoms with E-state index in [4.69, 9.17) is 14.7 Å². The molecule has 0 aromatic rings. The topological polar surface area (TPSA) is 125 Å². The minimum atomic E-state index is -4.52. The first-order valence-electron chi connectivity index (χ1n) is 3.96. The fraction of sp³-hybridized carbons (Fsp3) is 1.00. The molecule has 0 fully saturated rings. The molecule has 0 radical (unpaired) electrons. The lowest BCUT2D eigenvalue weighted by Gasteiger charge is -2.17. The third-order valence-electron chi connectivity index (χ3n) is 1.37. The van der Waals surface area contributed by atoms with Gasteiger partial charge in [-0.05, 0) is 7.05 Å². The molecule has 0 rings (SSSR count). The van der Waals surface area contributed by atoms with Crippen molar-refractivity contribution in [3.05, 3.63) is 0 Å². The van der Waals surface area contributed by atoms with Gasteiger partial charge < -0.3 is 24.5 Å². The normalized spacial score (nSPS) is 18.5. The zero-order valence-corrected chi connectivity index (χ0v) is 10.1. The third-order valence-corrected chi connectivity index (χ3v) is 2.48. The van der Waals surface area contributed by atoms with Crippen molar-refractivity contribution >= 4 is 15.4 Å². The van der Waals surface area contributed by atoms with E-state index in [0.29, 0.717) is 0 Å². The zero-order valence-electron chi connectivity index (χ0n) is 8.36. The van der Waals surface area contributed by atoms with Crippen LogP contribution in [0.25, 0.3) is 0 Å². The quantitative estimate of drug-likeness (QED) is 0.453. The van der Waals surface area contributed by atoms with Gasteiger partial charge in [-0.2, -0.15) is 0 Å². The summed E-state index contributed by atoms with van der Waals surface area (Å²) in [6.45, 7) is 0.519.